The lowest BCUT2D eigenvalue weighted by molar-refractivity contribution is -0.0957. The van der Waals surface area contributed by atoms with E-state index in [1.807, 2.05) is 0 Å². The van der Waals surface area contributed by atoms with Crippen molar-refractivity contribution in [1.82, 2.24) is 9.88 Å². The van der Waals surface area contributed by atoms with Crippen molar-refractivity contribution in [2.24, 2.45) is 0 Å². The van der Waals surface area contributed by atoms with Gasteiger partial charge in [-0.05, 0) is 28.4 Å². The van der Waals surface area contributed by atoms with Gasteiger partial charge in [0.25, 0.3) is 5.91 Å². The van der Waals surface area contributed by atoms with E-state index in [0.717, 1.165) is 6.08 Å². The quantitative estimate of drug-likeness (QED) is 0.557. The molecule has 20 heavy (non-hydrogen) atoms. The summed E-state index contributed by atoms with van der Waals surface area (Å²) in [6.07, 6.45) is -2.07. The van der Waals surface area contributed by atoms with Crippen LogP contribution in [0.1, 0.15) is 16.8 Å². The molecular weight excluding hydrogens is 360 g/mol. The average molecular weight is 370 g/mol. The zero-order chi connectivity index (χ0) is 14.9. The lowest BCUT2D eigenvalue weighted by Gasteiger charge is -2.27. The van der Waals surface area contributed by atoms with Crippen LogP contribution in [0.2, 0.25) is 5.15 Å². The average Bonchev–Trinajstić information content (AvgIpc) is 2.40. The number of carbonyl (C=O) groups excluding carboxylic acids is 1. The van der Waals surface area contributed by atoms with Crippen molar-refractivity contribution in [2.45, 2.75) is 12.6 Å². The summed E-state index contributed by atoms with van der Waals surface area (Å²) in [7, 11) is 0. The van der Waals surface area contributed by atoms with Crippen molar-refractivity contribution in [1.29, 1.82) is 0 Å². The van der Waals surface area contributed by atoms with E-state index >= 15 is 0 Å². The van der Waals surface area contributed by atoms with E-state index in [0.29, 0.717) is 4.47 Å². The lowest BCUT2D eigenvalue weighted by atomic mass is 10.1. The fourth-order valence-electron chi connectivity index (χ4n) is 1.85. The molecule has 0 saturated carbocycles. The zero-order valence-electron chi connectivity index (χ0n) is 10.0. The van der Waals surface area contributed by atoms with Crippen molar-refractivity contribution in [3.05, 3.63) is 39.1 Å². The Kier molecular flexibility index (Phi) is 4.39. The molecule has 3 nitrogen and oxygen atoms in total. The Labute approximate surface area is 126 Å². The highest BCUT2D eigenvalue weighted by Crippen LogP contribution is 2.30. The Balaban J connectivity index is 2.17. The molecule has 1 amide bonds. The predicted molar refractivity (Wildman–Crippen MR) is 71.6 cm³/mol. The van der Waals surface area contributed by atoms with Crippen LogP contribution in [0.15, 0.2) is 28.4 Å². The SMILES string of the molecule is O=C(c1cc(Br)cnc1Cl)N1CC=C(C(F)(F)F)CC1. The summed E-state index contributed by atoms with van der Waals surface area (Å²) in [5.74, 6) is -0.429. The van der Waals surface area contributed by atoms with Gasteiger partial charge in [0, 0.05) is 29.3 Å². The van der Waals surface area contributed by atoms with Crippen LogP contribution in [0.3, 0.4) is 0 Å². The highest BCUT2D eigenvalue weighted by molar-refractivity contribution is 9.10. The number of aromatic nitrogens is 1. The van der Waals surface area contributed by atoms with Gasteiger partial charge in [0.1, 0.15) is 5.15 Å². The molecule has 1 aliphatic heterocycles. The van der Waals surface area contributed by atoms with E-state index in [4.69, 9.17) is 11.6 Å². The highest BCUT2D eigenvalue weighted by Gasteiger charge is 2.35. The second-order valence-electron chi connectivity index (χ2n) is 4.22. The maximum atomic E-state index is 12.5. The van der Waals surface area contributed by atoms with Gasteiger partial charge in [-0.2, -0.15) is 13.2 Å². The first kappa shape index (κ1) is 15.3. The first-order chi connectivity index (χ1) is 9.29. The van der Waals surface area contributed by atoms with Crippen molar-refractivity contribution in [3.8, 4) is 0 Å². The highest BCUT2D eigenvalue weighted by atomic mass is 79.9. The normalized spacial score (nSPS) is 16.1. The van der Waals surface area contributed by atoms with Gasteiger partial charge in [-0.3, -0.25) is 4.79 Å². The molecule has 0 bridgehead atoms. The van der Waals surface area contributed by atoms with E-state index in [-0.39, 0.29) is 30.2 Å². The number of halogens is 5. The third-order valence-electron chi connectivity index (χ3n) is 2.90. The van der Waals surface area contributed by atoms with Gasteiger partial charge >= 0.3 is 6.18 Å². The van der Waals surface area contributed by atoms with E-state index in [1.54, 1.807) is 0 Å². The molecule has 1 aromatic heterocycles. The molecule has 2 rings (SSSR count). The Hall–Kier alpha value is -1.08. The predicted octanol–water partition coefficient (Wildman–Crippen LogP) is 3.83. The van der Waals surface area contributed by atoms with E-state index < -0.39 is 17.7 Å². The van der Waals surface area contributed by atoms with Crippen LogP contribution in [0.4, 0.5) is 13.2 Å². The second-order valence-corrected chi connectivity index (χ2v) is 5.49. The summed E-state index contributed by atoms with van der Waals surface area (Å²) in [6.45, 7) is -0.0798. The summed E-state index contributed by atoms with van der Waals surface area (Å²) in [4.78, 5) is 17.3. The van der Waals surface area contributed by atoms with Crippen molar-refractivity contribution < 1.29 is 18.0 Å². The van der Waals surface area contributed by atoms with Gasteiger partial charge in [-0.1, -0.05) is 17.7 Å². The molecule has 8 heteroatoms. The molecule has 0 aliphatic carbocycles. The van der Waals surface area contributed by atoms with E-state index in [1.165, 1.54) is 17.2 Å². The van der Waals surface area contributed by atoms with Crippen molar-refractivity contribution >= 4 is 33.4 Å². The molecule has 108 valence electrons. The van der Waals surface area contributed by atoms with Crippen molar-refractivity contribution in [3.63, 3.8) is 0 Å². The van der Waals surface area contributed by atoms with Gasteiger partial charge in [0.15, 0.2) is 0 Å². The van der Waals surface area contributed by atoms with E-state index in [2.05, 4.69) is 20.9 Å². The first-order valence-corrected chi connectivity index (χ1v) is 6.82. The molecule has 0 spiro atoms. The number of amides is 1. The van der Waals surface area contributed by atoms with Gasteiger partial charge in [0.05, 0.1) is 5.56 Å². The zero-order valence-corrected chi connectivity index (χ0v) is 12.4. The number of nitrogens with zero attached hydrogens (tertiary/aromatic N) is 2. The minimum Gasteiger partial charge on any atom is -0.334 e. The standard InChI is InChI=1S/C12H9BrClF3N2O/c13-8-5-9(10(14)18-6-8)11(20)19-3-1-7(2-4-19)12(15,16)17/h1,5-6H,2-4H2. The van der Waals surface area contributed by atoms with Crippen LogP contribution in [-0.2, 0) is 0 Å². The van der Waals surface area contributed by atoms with Gasteiger partial charge in [0.2, 0.25) is 0 Å². The Morgan fingerprint density at radius 3 is 2.70 bits per heavy atom. The number of rotatable bonds is 1. The molecule has 0 N–H and O–H groups in total. The van der Waals surface area contributed by atoms with Crippen LogP contribution < -0.4 is 0 Å². The Morgan fingerprint density at radius 2 is 2.15 bits per heavy atom. The second kappa shape index (κ2) is 5.73. The number of alkyl halides is 3. The van der Waals surface area contributed by atoms with Crippen molar-refractivity contribution in [2.75, 3.05) is 13.1 Å². The van der Waals surface area contributed by atoms with Crippen LogP contribution in [-0.4, -0.2) is 35.1 Å². The van der Waals surface area contributed by atoms with Crippen LogP contribution in [0.25, 0.3) is 0 Å². The van der Waals surface area contributed by atoms with Crippen LogP contribution in [0, 0.1) is 0 Å². The molecular formula is C12H9BrClF3N2O. The van der Waals surface area contributed by atoms with Gasteiger partial charge in [-0.15, -0.1) is 0 Å². The fourth-order valence-corrected chi connectivity index (χ4v) is 2.37. The number of carbonyl (C=O) groups is 1. The number of pyridine rings is 1. The number of hydrogen-bond donors (Lipinski definition) is 0. The molecule has 0 unspecified atom stereocenters. The Bertz CT molecular complexity index is 574. The van der Waals surface area contributed by atoms with E-state index in [9.17, 15) is 18.0 Å². The molecule has 0 radical (unpaired) electrons. The smallest absolute Gasteiger partial charge is 0.334 e. The molecule has 2 heterocycles. The lowest BCUT2D eigenvalue weighted by Crippen LogP contribution is -2.37. The number of hydrogen-bond acceptors (Lipinski definition) is 2. The maximum Gasteiger partial charge on any atom is 0.412 e. The van der Waals surface area contributed by atoms with Gasteiger partial charge < -0.3 is 4.90 Å². The maximum absolute atomic E-state index is 12.5. The summed E-state index contributed by atoms with van der Waals surface area (Å²) in [5, 5.41) is 0.0313. The molecule has 1 aliphatic rings. The first-order valence-electron chi connectivity index (χ1n) is 5.65. The minimum absolute atomic E-state index is 0.00696. The summed E-state index contributed by atoms with van der Waals surface area (Å²) in [6, 6.07) is 1.50. The third-order valence-corrected chi connectivity index (χ3v) is 3.63. The fraction of sp³-hybridized carbons (Fsp3) is 0.333. The summed E-state index contributed by atoms with van der Waals surface area (Å²) < 4.78 is 38.1. The van der Waals surface area contributed by atoms with Crippen LogP contribution >= 0.6 is 27.5 Å². The van der Waals surface area contributed by atoms with Crippen LogP contribution in [0.5, 0.6) is 0 Å². The molecule has 0 atom stereocenters. The largest absolute Gasteiger partial charge is 0.412 e. The Morgan fingerprint density at radius 1 is 1.45 bits per heavy atom. The summed E-state index contributed by atoms with van der Waals surface area (Å²) >= 11 is 9.01. The molecule has 0 fully saturated rings. The topological polar surface area (TPSA) is 33.2 Å². The molecule has 1 aromatic rings. The van der Waals surface area contributed by atoms with Gasteiger partial charge in [-0.25, -0.2) is 4.98 Å². The monoisotopic (exact) mass is 368 g/mol. The third kappa shape index (κ3) is 3.32. The molecule has 0 saturated heterocycles. The molecule has 0 aromatic carbocycles. The summed E-state index contributed by atoms with van der Waals surface area (Å²) in [5.41, 5.74) is -0.426. The minimum atomic E-state index is -4.33.